The summed E-state index contributed by atoms with van der Waals surface area (Å²) in [6, 6.07) is 0.861. The van der Waals surface area contributed by atoms with Gasteiger partial charge in [0.25, 0.3) is 0 Å². The summed E-state index contributed by atoms with van der Waals surface area (Å²) in [5, 5.41) is 3.64. The van der Waals surface area contributed by atoms with Crippen LogP contribution >= 0.6 is 11.6 Å². The van der Waals surface area contributed by atoms with Crippen LogP contribution in [-0.2, 0) is 0 Å². The van der Waals surface area contributed by atoms with Crippen LogP contribution in [0.2, 0.25) is 0 Å². The fourth-order valence-electron chi connectivity index (χ4n) is 2.36. The molecule has 92 valence electrons. The Hall–Kier alpha value is -0.0500. The van der Waals surface area contributed by atoms with Gasteiger partial charge in [0.15, 0.2) is 0 Å². The van der Waals surface area contributed by atoms with Crippen LogP contribution < -0.4 is 5.32 Å². The molecule has 0 aromatic heterocycles. The van der Waals surface area contributed by atoms with Crippen LogP contribution in [0.25, 0.3) is 0 Å². The maximum atomic E-state index is 5.69. The van der Waals surface area contributed by atoms with Crippen molar-refractivity contribution < 1.29 is 0 Å². The molecule has 1 N–H and O–H groups in total. The van der Waals surface area contributed by atoms with Crippen molar-refractivity contribution in [3.8, 4) is 0 Å². The SMILES string of the molecule is CC(=CCl)CN1CCC(CNC2CC2)CC1. The molecule has 1 heterocycles. The van der Waals surface area contributed by atoms with E-state index in [-0.39, 0.29) is 0 Å². The van der Waals surface area contributed by atoms with Crippen LogP contribution in [-0.4, -0.2) is 37.1 Å². The fraction of sp³-hybridized carbons (Fsp3) is 0.846. The van der Waals surface area contributed by atoms with Crippen LogP contribution in [0.5, 0.6) is 0 Å². The van der Waals surface area contributed by atoms with Crippen LogP contribution in [0, 0.1) is 5.92 Å². The molecule has 2 nitrogen and oxygen atoms in total. The van der Waals surface area contributed by atoms with Gasteiger partial charge < -0.3 is 5.32 Å². The standard InChI is InChI=1S/C13H23ClN2/c1-11(8-14)10-16-6-4-12(5-7-16)9-15-13-2-3-13/h8,12-13,15H,2-7,9-10H2,1H3. The Bertz CT molecular complexity index is 240. The third kappa shape index (κ3) is 4.08. The number of piperidine rings is 1. The van der Waals surface area contributed by atoms with Gasteiger partial charge in [-0.1, -0.05) is 11.6 Å². The summed E-state index contributed by atoms with van der Waals surface area (Å²) in [5.41, 5.74) is 2.98. The highest BCUT2D eigenvalue weighted by Gasteiger charge is 2.24. The van der Waals surface area contributed by atoms with Gasteiger partial charge in [0.1, 0.15) is 0 Å². The van der Waals surface area contributed by atoms with E-state index in [1.54, 1.807) is 5.54 Å². The molecule has 2 rings (SSSR count). The molecule has 16 heavy (non-hydrogen) atoms. The van der Waals surface area contributed by atoms with E-state index in [4.69, 9.17) is 11.6 Å². The lowest BCUT2D eigenvalue weighted by atomic mass is 9.96. The van der Waals surface area contributed by atoms with E-state index >= 15 is 0 Å². The lowest BCUT2D eigenvalue weighted by molar-refractivity contribution is 0.194. The predicted molar refractivity (Wildman–Crippen MR) is 69.8 cm³/mol. The largest absolute Gasteiger partial charge is 0.314 e. The molecule has 3 heteroatoms. The minimum absolute atomic E-state index is 0.861. The Labute approximate surface area is 104 Å². The third-order valence-electron chi connectivity index (χ3n) is 3.64. The number of hydrogen-bond acceptors (Lipinski definition) is 2. The van der Waals surface area contributed by atoms with E-state index in [1.165, 1.54) is 50.9 Å². The summed E-state index contributed by atoms with van der Waals surface area (Å²) in [6.07, 6.45) is 5.49. The number of likely N-dealkylation sites (tertiary alicyclic amines) is 1. The maximum absolute atomic E-state index is 5.69. The number of halogens is 1. The molecule has 0 aromatic carbocycles. The lowest BCUT2D eigenvalue weighted by Crippen LogP contribution is -2.38. The first-order valence-electron chi connectivity index (χ1n) is 6.49. The molecule has 2 aliphatic rings. The molecule has 0 amide bonds. The van der Waals surface area contributed by atoms with E-state index < -0.39 is 0 Å². The summed E-state index contributed by atoms with van der Waals surface area (Å²) < 4.78 is 0. The zero-order chi connectivity index (χ0) is 11.4. The van der Waals surface area contributed by atoms with Gasteiger partial charge in [-0.3, -0.25) is 4.90 Å². The first-order valence-corrected chi connectivity index (χ1v) is 6.93. The molecule has 1 saturated carbocycles. The summed E-state index contributed by atoms with van der Waals surface area (Å²) in [6.45, 7) is 6.86. The average molecular weight is 243 g/mol. The predicted octanol–water partition coefficient (Wildman–Crippen LogP) is 2.59. The van der Waals surface area contributed by atoms with Gasteiger partial charge in [-0.05, 0) is 63.7 Å². The van der Waals surface area contributed by atoms with Crippen LogP contribution in [0.4, 0.5) is 0 Å². The molecule has 0 bridgehead atoms. The van der Waals surface area contributed by atoms with Gasteiger partial charge in [-0.25, -0.2) is 0 Å². The zero-order valence-corrected chi connectivity index (χ0v) is 11.0. The third-order valence-corrected chi connectivity index (χ3v) is 4.01. The second-order valence-corrected chi connectivity index (χ2v) is 5.58. The van der Waals surface area contributed by atoms with Gasteiger partial charge >= 0.3 is 0 Å². The van der Waals surface area contributed by atoms with E-state index in [0.717, 1.165) is 18.5 Å². The topological polar surface area (TPSA) is 15.3 Å². The normalized spacial score (nSPS) is 25.0. The van der Waals surface area contributed by atoms with E-state index in [0.29, 0.717) is 0 Å². The van der Waals surface area contributed by atoms with Crippen LogP contribution in [0.3, 0.4) is 0 Å². The molecule has 0 atom stereocenters. The van der Waals surface area contributed by atoms with E-state index in [1.807, 2.05) is 0 Å². The highest BCUT2D eigenvalue weighted by atomic mass is 35.5. The number of rotatable bonds is 5. The van der Waals surface area contributed by atoms with Crippen molar-refractivity contribution in [3.63, 3.8) is 0 Å². The molecule has 1 aliphatic heterocycles. The fourth-order valence-corrected chi connectivity index (χ4v) is 2.43. The minimum atomic E-state index is 0.861. The highest BCUT2D eigenvalue weighted by Crippen LogP contribution is 2.22. The first-order chi connectivity index (χ1) is 7.78. The van der Waals surface area contributed by atoms with Gasteiger partial charge in [-0.2, -0.15) is 0 Å². The van der Waals surface area contributed by atoms with Crippen molar-refractivity contribution >= 4 is 11.6 Å². The van der Waals surface area contributed by atoms with Crippen molar-refractivity contribution in [1.29, 1.82) is 0 Å². The highest BCUT2D eigenvalue weighted by molar-refractivity contribution is 6.25. The molecular formula is C13H23ClN2. The van der Waals surface area contributed by atoms with Crippen LogP contribution in [0.15, 0.2) is 11.1 Å². The van der Waals surface area contributed by atoms with Crippen molar-refractivity contribution in [2.24, 2.45) is 5.92 Å². The molecular weight excluding hydrogens is 220 g/mol. The number of hydrogen-bond donors (Lipinski definition) is 1. The first kappa shape index (κ1) is 12.4. The molecule has 0 radical (unpaired) electrons. The van der Waals surface area contributed by atoms with Gasteiger partial charge in [-0.15, -0.1) is 0 Å². The van der Waals surface area contributed by atoms with Crippen molar-refractivity contribution in [2.75, 3.05) is 26.2 Å². The molecule has 1 aliphatic carbocycles. The number of nitrogens with zero attached hydrogens (tertiary/aromatic N) is 1. The Morgan fingerprint density at radius 2 is 2.00 bits per heavy atom. The minimum Gasteiger partial charge on any atom is -0.314 e. The Morgan fingerprint density at radius 3 is 2.56 bits per heavy atom. The monoisotopic (exact) mass is 242 g/mol. The number of nitrogens with one attached hydrogen (secondary N) is 1. The summed E-state index contributed by atoms with van der Waals surface area (Å²) in [5.74, 6) is 0.900. The molecule has 2 fully saturated rings. The molecule has 0 spiro atoms. The van der Waals surface area contributed by atoms with Gasteiger partial charge in [0, 0.05) is 18.1 Å². The second kappa shape index (κ2) is 6.04. The molecule has 0 aromatic rings. The van der Waals surface area contributed by atoms with E-state index in [9.17, 15) is 0 Å². The average Bonchev–Trinajstić information content (AvgIpc) is 3.12. The quantitative estimate of drug-likeness (QED) is 0.797. The van der Waals surface area contributed by atoms with E-state index in [2.05, 4.69) is 17.1 Å². The molecule has 0 unspecified atom stereocenters. The Morgan fingerprint density at radius 1 is 1.31 bits per heavy atom. The van der Waals surface area contributed by atoms with Crippen molar-refractivity contribution in [1.82, 2.24) is 10.2 Å². The second-order valence-electron chi connectivity index (χ2n) is 5.36. The molecule has 1 saturated heterocycles. The Balaban J connectivity index is 1.61. The summed E-state index contributed by atoms with van der Waals surface area (Å²) in [7, 11) is 0. The van der Waals surface area contributed by atoms with Gasteiger partial charge in [0.2, 0.25) is 0 Å². The van der Waals surface area contributed by atoms with Crippen LogP contribution in [0.1, 0.15) is 32.6 Å². The maximum Gasteiger partial charge on any atom is 0.0201 e. The summed E-state index contributed by atoms with van der Waals surface area (Å²) >= 11 is 5.69. The smallest absolute Gasteiger partial charge is 0.0201 e. The zero-order valence-electron chi connectivity index (χ0n) is 10.2. The summed E-state index contributed by atoms with van der Waals surface area (Å²) in [4.78, 5) is 2.52. The Kier molecular flexibility index (Phi) is 4.68. The van der Waals surface area contributed by atoms with Gasteiger partial charge in [0.05, 0.1) is 0 Å². The lowest BCUT2D eigenvalue weighted by Gasteiger charge is -2.32. The van der Waals surface area contributed by atoms with Crippen molar-refractivity contribution in [3.05, 3.63) is 11.1 Å². The van der Waals surface area contributed by atoms with Crippen molar-refractivity contribution in [2.45, 2.75) is 38.6 Å².